The van der Waals surface area contributed by atoms with Crippen LogP contribution in [-0.4, -0.2) is 52.9 Å². The first-order chi connectivity index (χ1) is 17.4. The van der Waals surface area contributed by atoms with Crippen molar-refractivity contribution in [3.05, 3.63) is 23.8 Å². The third-order valence-electron chi connectivity index (χ3n) is 9.44. The Morgan fingerprint density at radius 3 is 2.45 bits per heavy atom. The Labute approximate surface area is 217 Å². The highest BCUT2D eigenvalue weighted by atomic mass is 19.4. The molecule has 0 heterocycles. The van der Waals surface area contributed by atoms with Gasteiger partial charge in [-0.15, -0.1) is 0 Å². The van der Waals surface area contributed by atoms with Crippen LogP contribution in [0.15, 0.2) is 23.8 Å². The normalized spacial score (nSPS) is 37.7. The molecule has 0 bridgehead atoms. The smallest absolute Gasteiger partial charge is 0.457 e. The summed E-state index contributed by atoms with van der Waals surface area (Å²) in [6.07, 6.45) is 1.14. The topological polar surface area (TPSA) is 107 Å². The van der Waals surface area contributed by atoms with Gasteiger partial charge in [-0.1, -0.05) is 18.6 Å². The van der Waals surface area contributed by atoms with Crippen molar-refractivity contribution in [2.45, 2.75) is 83.3 Å². The Bertz CT molecular complexity index is 1110. The SMILES string of the molecule is CC(O)(CC(=O)OCC(=O)[C@H]1CC[C@H]2[C@@H]3CCC4=CC(=O)C=C[C@]4(C)[C@@]3(F)CC[C@]12C)OC(=O)C(F)(F)F. The van der Waals surface area contributed by atoms with E-state index < -0.39 is 59.3 Å². The maximum absolute atomic E-state index is 16.9. The fourth-order valence-corrected chi connectivity index (χ4v) is 7.48. The zero-order valence-electron chi connectivity index (χ0n) is 21.5. The van der Waals surface area contributed by atoms with Crippen molar-refractivity contribution in [1.82, 2.24) is 0 Å². The van der Waals surface area contributed by atoms with Crippen LogP contribution in [0.3, 0.4) is 0 Å². The van der Waals surface area contributed by atoms with Crippen LogP contribution in [0.1, 0.15) is 65.7 Å². The second kappa shape index (κ2) is 9.27. The summed E-state index contributed by atoms with van der Waals surface area (Å²) in [5, 5.41) is 9.85. The lowest BCUT2D eigenvalue weighted by Gasteiger charge is -2.60. The number of aliphatic hydroxyl groups is 1. The highest BCUT2D eigenvalue weighted by Crippen LogP contribution is 2.68. The average molecular weight is 545 g/mol. The molecule has 7 nitrogen and oxygen atoms in total. The summed E-state index contributed by atoms with van der Waals surface area (Å²) in [5.41, 5.74) is -2.15. The van der Waals surface area contributed by atoms with Gasteiger partial charge in [0, 0.05) is 18.3 Å². The summed E-state index contributed by atoms with van der Waals surface area (Å²) in [5.74, 6) is -8.05. The van der Waals surface area contributed by atoms with Crippen LogP contribution in [0.2, 0.25) is 0 Å². The first kappa shape index (κ1) is 28.4. The maximum Gasteiger partial charge on any atom is 0.491 e. The van der Waals surface area contributed by atoms with E-state index in [4.69, 9.17) is 4.74 Å². The molecule has 0 aromatic rings. The van der Waals surface area contributed by atoms with Crippen molar-refractivity contribution in [3.63, 3.8) is 0 Å². The van der Waals surface area contributed by atoms with Crippen molar-refractivity contribution >= 4 is 23.5 Å². The molecule has 0 spiro atoms. The predicted octanol–water partition coefficient (Wildman–Crippen LogP) is 4.32. The molecule has 0 aliphatic heterocycles. The molecule has 0 aromatic carbocycles. The number of ether oxygens (including phenoxy) is 2. The molecule has 210 valence electrons. The lowest BCUT2D eigenvalue weighted by atomic mass is 9.46. The number of carbonyl (C=O) groups is 4. The zero-order valence-corrected chi connectivity index (χ0v) is 21.5. The van der Waals surface area contributed by atoms with Gasteiger partial charge >= 0.3 is 18.1 Å². The number of rotatable bonds is 6. The maximum atomic E-state index is 16.9. The molecule has 7 atom stereocenters. The number of esters is 2. The standard InChI is InChI=1S/C27H32F4O7/c1-23-10-11-26(28)18(5-4-15-12-16(32)8-9-24(15,26)2)17(23)6-7-19(23)20(33)14-37-21(34)13-25(3,36)38-22(35)27(29,30)31/h8-9,12,17-19,36H,4-7,10-11,13-14H2,1-3H3/t17-,18-,19+,23-,24-,25?,26+/m0/s1. The first-order valence-corrected chi connectivity index (χ1v) is 12.8. The number of hydrogen-bond donors (Lipinski definition) is 1. The molecule has 3 fully saturated rings. The molecule has 0 amide bonds. The molecular formula is C27H32F4O7. The zero-order chi connectivity index (χ0) is 28.3. The van der Waals surface area contributed by atoms with E-state index in [0.29, 0.717) is 39.0 Å². The number of hydrogen-bond acceptors (Lipinski definition) is 7. The Hall–Kier alpha value is -2.56. The Morgan fingerprint density at radius 2 is 1.79 bits per heavy atom. The van der Waals surface area contributed by atoms with Crippen molar-refractivity contribution in [1.29, 1.82) is 0 Å². The van der Waals surface area contributed by atoms with Crippen LogP contribution in [0, 0.1) is 28.6 Å². The number of Topliss-reactive ketones (excluding diaryl/α,β-unsaturated/α-hetero) is 1. The molecule has 1 N–H and O–H groups in total. The fraction of sp³-hybridized carbons (Fsp3) is 0.704. The summed E-state index contributed by atoms with van der Waals surface area (Å²) >= 11 is 0. The van der Waals surface area contributed by atoms with Crippen LogP contribution in [0.4, 0.5) is 17.6 Å². The van der Waals surface area contributed by atoms with E-state index in [2.05, 4.69) is 4.74 Å². The van der Waals surface area contributed by atoms with Crippen molar-refractivity contribution < 1.29 is 51.3 Å². The van der Waals surface area contributed by atoms with Crippen LogP contribution in [-0.2, 0) is 28.7 Å². The third-order valence-corrected chi connectivity index (χ3v) is 9.44. The van der Waals surface area contributed by atoms with Gasteiger partial charge < -0.3 is 14.6 Å². The van der Waals surface area contributed by atoms with Gasteiger partial charge in [0.15, 0.2) is 11.6 Å². The molecule has 0 saturated heterocycles. The molecule has 3 saturated carbocycles. The van der Waals surface area contributed by atoms with E-state index in [1.165, 1.54) is 6.08 Å². The Morgan fingerprint density at radius 1 is 1.11 bits per heavy atom. The number of fused-ring (bicyclic) bond motifs is 5. The second-order valence-electron chi connectivity index (χ2n) is 11.7. The molecule has 4 aliphatic carbocycles. The van der Waals surface area contributed by atoms with E-state index in [9.17, 15) is 37.5 Å². The van der Waals surface area contributed by atoms with Gasteiger partial charge in [-0.25, -0.2) is 9.18 Å². The third kappa shape index (κ3) is 4.71. The minimum Gasteiger partial charge on any atom is -0.457 e. The molecule has 38 heavy (non-hydrogen) atoms. The largest absolute Gasteiger partial charge is 0.491 e. The van der Waals surface area contributed by atoms with Gasteiger partial charge in [0.1, 0.15) is 18.7 Å². The second-order valence-corrected chi connectivity index (χ2v) is 11.7. The molecule has 11 heteroatoms. The van der Waals surface area contributed by atoms with Gasteiger partial charge in [0.2, 0.25) is 5.79 Å². The predicted molar refractivity (Wildman–Crippen MR) is 124 cm³/mol. The minimum atomic E-state index is -5.35. The summed E-state index contributed by atoms with van der Waals surface area (Å²) in [6.45, 7) is 3.85. The van der Waals surface area contributed by atoms with Crippen molar-refractivity contribution in [2.75, 3.05) is 6.61 Å². The fourth-order valence-electron chi connectivity index (χ4n) is 7.48. The first-order valence-electron chi connectivity index (χ1n) is 12.8. The van der Waals surface area contributed by atoms with E-state index in [1.807, 2.05) is 13.8 Å². The summed E-state index contributed by atoms with van der Waals surface area (Å²) in [6, 6.07) is 0. The summed E-state index contributed by atoms with van der Waals surface area (Å²) in [7, 11) is 0. The number of alkyl halides is 4. The number of carbonyl (C=O) groups excluding carboxylic acids is 4. The number of ketones is 2. The van der Waals surface area contributed by atoms with Gasteiger partial charge in [-0.3, -0.25) is 14.4 Å². The Balaban J connectivity index is 1.40. The summed E-state index contributed by atoms with van der Waals surface area (Å²) < 4.78 is 62.8. The van der Waals surface area contributed by atoms with Crippen LogP contribution in [0.25, 0.3) is 0 Å². The monoisotopic (exact) mass is 544 g/mol. The van der Waals surface area contributed by atoms with Crippen LogP contribution >= 0.6 is 0 Å². The lowest BCUT2D eigenvalue weighted by Crippen LogP contribution is -2.60. The molecular weight excluding hydrogens is 512 g/mol. The number of allylic oxidation sites excluding steroid dienone is 4. The lowest BCUT2D eigenvalue weighted by molar-refractivity contribution is -0.245. The van der Waals surface area contributed by atoms with E-state index in [-0.39, 0.29) is 29.8 Å². The molecule has 4 aliphatic rings. The van der Waals surface area contributed by atoms with Gasteiger partial charge in [-0.2, -0.15) is 13.2 Å². The molecule has 1 unspecified atom stereocenters. The van der Waals surface area contributed by atoms with Crippen LogP contribution in [0.5, 0.6) is 0 Å². The molecule has 4 rings (SSSR count). The summed E-state index contributed by atoms with van der Waals surface area (Å²) in [4.78, 5) is 48.1. The van der Waals surface area contributed by atoms with Gasteiger partial charge in [-0.05, 0) is 74.9 Å². The average Bonchev–Trinajstić information content (AvgIpc) is 3.14. The minimum absolute atomic E-state index is 0.0854. The van der Waals surface area contributed by atoms with Crippen LogP contribution < -0.4 is 0 Å². The van der Waals surface area contributed by atoms with Crippen molar-refractivity contribution in [2.24, 2.45) is 28.6 Å². The molecule has 0 aromatic heterocycles. The van der Waals surface area contributed by atoms with E-state index in [0.717, 1.165) is 5.57 Å². The quantitative estimate of drug-likeness (QED) is 0.302. The number of halogens is 4. The van der Waals surface area contributed by atoms with Gasteiger partial charge in [0.25, 0.3) is 0 Å². The highest BCUT2D eigenvalue weighted by Gasteiger charge is 2.67. The van der Waals surface area contributed by atoms with Crippen molar-refractivity contribution in [3.8, 4) is 0 Å². The van der Waals surface area contributed by atoms with E-state index in [1.54, 1.807) is 12.2 Å². The molecule has 0 radical (unpaired) electrons. The van der Waals surface area contributed by atoms with E-state index >= 15 is 4.39 Å². The Kier molecular flexibility index (Phi) is 6.94. The highest BCUT2D eigenvalue weighted by molar-refractivity contribution is 6.01. The van der Waals surface area contributed by atoms with Gasteiger partial charge in [0.05, 0.1) is 0 Å².